The van der Waals surface area contributed by atoms with Gasteiger partial charge in [-0.15, -0.1) is 0 Å². The number of hydrogen-bond acceptors (Lipinski definition) is 5. The third-order valence-electron chi connectivity index (χ3n) is 4.31. The van der Waals surface area contributed by atoms with Crippen LogP contribution in [0, 0.1) is 11.8 Å². The molecule has 4 atom stereocenters. The van der Waals surface area contributed by atoms with Crippen molar-refractivity contribution in [3.05, 3.63) is 59.2 Å². The first kappa shape index (κ1) is 15.8. The highest BCUT2D eigenvalue weighted by Crippen LogP contribution is 2.36. The summed E-state index contributed by atoms with van der Waals surface area (Å²) in [6.07, 6.45) is 7.57. The van der Waals surface area contributed by atoms with Crippen molar-refractivity contribution >= 4 is 23.3 Å². The number of esters is 1. The van der Waals surface area contributed by atoms with Gasteiger partial charge in [0.15, 0.2) is 0 Å². The normalized spacial score (nSPS) is 31.0. The summed E-state index contributed by atoms with van der Waals surface area (Å²) in [5.74, 6) is -0.904. The van der Waals surface area contributed by atoms with E-state index in [4.69, 9.17) is 16.3 Å². The number of fused-ring (bicyclic) bond motifs is 2. The van der Waals surface area contributed by atoms with Crippen molar-refractivity contribution in [2.24, 2.45) is 17.0 Å². The van der Waals surface area contributed by atoms with Crippen LogP contribution in [0.4, 0.5) is 0 Å². The average molecular weight is 333 g/mol. The first-order valence-corrected chi connectivity index (χ1v) is 7.69. The Hall–Kier alpha value is -2.11. The van der Waals surface area contributed by atoms with Gasteiger partial charge in [0.05, 0.1) is 12.8 Å². The third-order valence-corrected chi connectivity index (χ3v) is 4.56. The monoisotopic (exact) mass is 332 g/mol. The first-order valence-electron chi connectivity index (χ1n) is 7.32. The third kappa shape index (κ3) is 2.90. The lowest BCUT2D eigenvalue weighted by Crippen LogP contribution is -2.55. The van der Waals surface area contributed by atoms with Crippen molar-refractivity contribution in [1.29, 1.82) is 0 Å². The molecule has 23 heavy (non-hydrogen) atoms. The Morgan fingerprint density at radius 1 is 1.22 bits per heavy atom. The van der Waals surface area contributed by atoms with Gasteiger partial charge < -0.3 is 9.94 Å². The van der Waals surface area contributed by atoms with Crippen molar-refractivity contribution in [1.82, 2.24) is 5.32 Å². The zero-order valence-electron chi connectivity index (χ0n) is 12.5. The quantitative estimate of drug-likeness (QED) is 0.496. The highest BCUT2D eigenvalue weighted by atomic mass is 35.5. The number of hydrogen-bond donors (Lipinski definition) is 2. The highest BCUT2D eigenvalue weighted by molar-refractivity contribution is 6.30. The largest absolute Gasteiger partial charge is 0.468 e. The van der Waals surface area contributed by atoms with E-state index in [0.29, 0.717) is 10.7 Å². The molecule has 1 aliphatic heterocycles. The molecular weight excluding hydrogens is 316 g/mol. The average Bonchev–Trinajstić information content (AvgIpc) is 2.73. The number of benzene rings is 1. The molecule has 6 heteroatoms. The minimum absolute atomic E-state index is 0.165. The summed E-state index contributed by atoms with van der Waals surface area (Å²) in [5.41, 5.74) is 1.50. The molecule has 2 bridgehead atoms. The molecule has 1 aliphatic carbocycles. The molecule has 2 aliphatic rings. The number of methoxy groups -OCH3 is 1. The maximum atomic E-state index is 12.2. The fraction of sp³-hybridized carbons (Fsp3) is 0.294. The van der Waals surface area contributed by atoms with Crippen LogP contribution in [0.25, 0.3) is 0 Å². The molecule has 0 amide bonds. The predicted octanol–water partition coefficient (Wildman–Crippen LogP) is 2.71. The molecule has 1 saturated heterocycles. The molecule has 0 aromatic heterocycles. The van der Waals surface area contributed by atoms with E-state index in [1.165, 1.54) is 7.11 Å². The Labute approximate surface area is 139 Å². The van der Waals surface area contributed by atoms with Gasteiger partial charge in [0.25, 0.3) is 0 Å². The van der Waals surface area contributed by atoms with Crippen LogP contribution >= 0.6 is 11.6 Å². The summed E-state index contributed by atoms with van der Waals surface area (Å²) in [6.45, 7) is 0. The molecule has 0 unspecified atom stereocenters. The Balaban J connectivity index is 2.05. The van der Waals surface area contributed by atoms with E-state index >= 15 is 0 Å². The minimum atomic E-state index is -0.612. The Kier molecular flexibility index (Phi) is 4.50. The summed E-state index contributed by atoms with van der Waals surface area (Å²) < 4.78 is 4.90. The summed E-state index contributed by atoms with van der Waals surface area (Å²) in [4.78, 5) is 12.2. The van der Waals surface area contributed by atoms with Gasteiger partial charge in [0, 0.05) is 22.9 Å². The van der Waals surface area contributed by atoms with E-state index in [0.717, 1.165) is 5.56 Å². The fourth-order valence-electron chi connectivity index (χ4n) is 3.20. The lowest BCUT2D eigenvalue weighted by Gasteiger charge is -2.39. The van der Waals surface area contributed by atoms with Gasteiger partial charge in [-0.2, -0.15) is 0 Å². The Morgan fingerprint density at radius 3 is 2.48 bits per heavy atom. The lowest BCUT2D eigenvalue weighted by molar-refractivity contribution is -0.144. The molecule has 5 nitrogen and oxygen atoms in total. The number of nitrogens with one attached hydrogen (secondary N) is 1. The molecule has 0 saturated carbocycles. The molecule has 1 heterocycles. The van der Waals surface area contributed by atoms with Gasteiger partial charge in [-0.25, -0.2) is 0 Å². The van der Waals surface area contributed by atoms with Gasteiger partial charge in [-0.05, 0) is 17.7 Å². The number of carbonyl (C=O) groups excluding carboxylic acids is 1. The maximum absolute atomic E-state index is 12.2. The molecule has 1 fully saturated rings. The Bertz CT molecular complexity index is 682. The first-order chi connectivity index (χ1) is 11.2. The van der Waals surface area contributed by atoms with E-state index in [-0.39, 0.29) is 23.8 Å². The van der Waals surface area contributed by atoms with Crippen molar-refractivity contribution in [2.75, 3.05) is 7.11 Å². The number of allylic oxidation sites excluding steroid dienone is 2. The van der Waals surface area contributed by atoms with Crippen LogP contribution in [-0.4, -0.2) is 30.0 Å². The highest BCUT2D eigenvalue weighted by Gasteiger charge is 2.44. The number of halogens is 1. The van der Waals surface area contributed by atoms with E-state index in [2.05, 4.69) is 10.5 Å². The molecule has 2 N–H and O–H groups in total. The Morgan fingerprint density at radius 2 is 1.87 bits per heavy atom. The van der Waals surface area contributed by atoms with E-state index in [9.17, 15) is 10.0 Å². The summed E-state index contributed by atoms with van der Waals surface area (Å²) in [6, 6.07) is 6.57. The standard InChI is InChI=1S/C17H17ClN2O3/c1-23-17(21)16-13-5-3-2-4-12(15(13)20-22)14(19-16)10-6-8-11(18)9-7-10/h2-9,12-14,16,19,22H,1H3/t12-,13-,14+,16+/m1/s1. The minimum Gasteiger partial charge on any atom is -0.468 e. The second-order valence-electron chi connectivity index (χ2n) is 5.54. The SMILES string of the molecule is COC(=O)[C@H]1N[C@@H](c2ccc(Cl)cc2)[C@H]2C=CC=C[C@@H]1C2=NO. The van der Waals surface area contributed by atoms with Crippen LogP contribution < -0.4 is 5.32 Å². The number of piperidine rings is 1. The van der Waals surface area contributed by atoms with Crippen molar-refractivity contribution in [3.8, 4) is 0 Å². The number of rotatable bonds is 2. The van der Waals surface area contributed by atoms with Gasteiger partial charge in [0.2, 0.25) is 0 Å². The van der Waals surface area contributed by atoms with Crippen LogP contribution in [0.3, 0.4) is 0 Å². The molecule has 120 valence electrons. The van der Waals surface area contributed by atoms with Crippen molar-refractivity contribution in [2.45, 2.75) is 12.1 Å². The van der Waals surface area contributed by atoms with Crippen LogP contribution in [0.2, 0.25) is 5.02 Å². The number of nitrogens with zero attached hydrogens (tertiary/aromatic N) is 1. The van der Waals surface area contributed by atoms with Crippen LogP contribution in [0.1, 0.15) is 11.6 Å². The second kappa shape index (κ2) is 6.56. The molecule has 0 spiro atoms. The van der Waals surface area contributed by atoms with Crippen LogP contribution in [-0.2, 0) is 9.53 Å². The second-order valence-corrected chi connectivity index (χ2v) is 5.98. The van der Waals surface area contributed by atoms with Crippen LogP contribution in [0.5, 0.6) is 0 Å². The van der Waals surface area contributed by atoms with Gasteiger partial charge in [-0.3, -0.25) is 10.1 Å². The number of oxime groups is 1. The smallest absolute Gasteiger partial charge is 0.323 e. The topological polar surface area (TPSA) is 70.9 Å². The zero-order chi connectivity index (χ0) is 16.4. The molecule has 1 aromatic carbocycles. The molecule has 3 rings (SSSR count). The van der Waals surface area contributed by atoms with Gasteiger partial charge >= 0.3 is 5.97 Å². The number of ether oxygens (including phenoxy) is 1. The zero-order valence-corrected chi connectivity index (χ0v) is 13.3. The molecule has 1 aromatic rings. The summed E-state index contributed by atoms with van der Waals surface area (Å²) in [7, 11) is 1.35. The molecular formula is C17H17ClN2O3. The van der Waals surface area contributed by atoms with E-state index < -0.39 is 6.04 Å². The van der Waals surface area contributed by atoms with E-state index in [1.54, 1.807) is 12.1 Å². The summed E-state index contributed by atoms with van der Waals surface area (Å²) >= 11 is 5.96. The summed E-state index contributed by atoms with van der Waals surface area (Å²) in [5, 5.41) is 17.0. The predicted molar refractivity (Wildman–Crippen MR) is 87.6 cm³/mol. The van der Waals surface area contributed by atoms with E-state index in [1.807, 2.05) is 36.4 Å². The number of carbonyl (C=O) groups is 1. The fourth-order valence-corrected chi connectivity index (χ4v) is 3.33. The van der Waals surface area contributed by atoms with Crippen molar-refractivity contribution in [3.63, 3.8) is 0 Å². The maximum Gasteiger partial charge on any atom is 0.323 e. The lowest BCUT2D eigenvalue weighted by atomic mass is 9.76. The molecule has 0 radical (unpaired) electrons. The van der Waals surface area contributed by atoms with Gasteiger partial charge in [-0.1, -0.05) is 53.2 Å². The van der Waals surface area contributed by atoms with Gasteiger partial charge in [0.1, 0.15) is 6.04 Å². The van der Waals surface area contributed by atoms with Crippen molar-refractivity contribution < 1.29 is 14.7 Å². The van der Waals surface area contributed by atoms with Crippen LogP contribution in [0.15, 0.2) is 53.7 Å².